The number of hydrogen-bond donors (Lipinski definition) is 1. The van der Waals surface area contributed by atoms with Crippen molar-refractivity contribution in [2.45, 2.75) is 11.3 Å². The molecule has 0 fully saturated rings. The quantitative estimate of drug-likeness (QED) is 0.802. The van der Waals surface area contributed by atoms with Gasteiger partial charge in [-0.05, 0) is 18.7 Å². The first-order valence-corrected chi connectivity index (χ1v) is 7.02. The van der Waals surface area contributed by atoms with Gasteiger partial charge in [-0.3, -0.25) is 4.79 Å². The van der Waals surface area contributed by atoms with E-state index in [4.69, 9.17) is 10.5 Å². The highest BCUT2D eigenvalue weighted by atomic mass is 32.2. The molecule has 100 valence electrons. The summed E-state index contributed by atoms with van der Waals surface area (Å²) in [6, 6.07) is 2.45. The van der Waals surface area contributed by atoms with Crippen molar-refractivity contribution in [1.29, 1.82) is 0 Å². The summed E-state index contributed by atoms with van der Waals surface area (Å²) < 4.78 is 41.9. The van der Waals surface area contributed by atoms with Gasteiger partial charge in [0.25, 0.3) is 0 Å². The second-order valence-corrected chi connectivity index (χ2v) is 5.65. The van der Waals surface area contributed by atoms with Crippen LogP contribution >= 0.6 is 0 Å². The molecule has 0 unspecified atom stereocenters. The van der Waals surface area contributed by atoms with E-state index in [2.05, 4.69) is 0 Å². The Kier molecular flexibility index (Phi) is 4.42. The van der Waals surface area contributed by atoms with Crippen LogP contribution in [0.2, 0.25) is 0 Å². The Bertz CT molecular complexity index is 569. The zero-order valence-electron chi connectivity index (χ0n) is 10.1. The molecule has 0 heterocycles. The third kappa shape index (κ3) is 2.85. The monoisotopic (exact) mass is 275 g/mol. The van der Waals surface area contributed by atoms with E-state index in [9.17, 15) is 17.6 Å². The van der Waals surface area contributed by atoms with Crippen molar-refractivity contribution < 1.29 is 22.3 Å². The van der Waals surface area contributed by atoms with Gasteiger partial charge >= 0.3 is 0 Å². The SMILES string of the molecule is COc1ccc(C(=O)CCN)c(F)c1S(C)(=O)=O. The third-order valence-electron chi connectivity index (χ3n) is 2.32. The molecule has 0 radical (unpaired) electrons. The van der Waals surface area contributed by atoms with E-state index in [1.165, 1.54) is 19.2 Å². The number of ether oxygens (including phenoxy) is 1. The second-order valence-electron chi connectivity index (χ2n) is 3.69. The second kappa shape index (κ2) is 5.45. The Morgan fingerprint density at radius 2 is 2.06 bits per heavy atom. The van der Waals surface area contributed by atoms with E-state index in [1.54, 1.807) is 0 Å². The van der Waals surface area contributed by atoms with Gasteiger partial charge in [-0.15, -0.1) is 0 Å². The predicted molar refractivity (Wildman–Crippen MR) is 64.1 cm³/mol. The van der Waals surface area contributed by atoms with Crippen LogP contribution in [0.4, 0.5) is 4.39 Å². The van der Waals surface area contributed by atoms with Gasteiger partial charge in [0, 0.05) is 12.7 Å². The molecular weight excluding hydrogens is 261 g/mol. The summed E-state index contributed by atoms with van der Waals surface area (Å²) in [4.78, 5) is 11.0. The summed E-state index contributed by atoms with van der Waals surface area (Å²) in [5.41, 5.74) is 4.92. The minimum Gasteiger partial charge on any atom is -0.495 e. The molecule has 18 heavy (non-hydrogen) atoms. The summed E-state index contributed by atoms with van der Waals surface area (Å²) in [6.07, 6.45) is 0.803. The average molecular weight is 275 g/mol. The maximum absolute atomic E-state index is 14.1. The molecule has 0 saturated carbocycles. The third-order valence-corrected chi connectivity index (χ3v) is 3.45. The van der Waals surface area contributed by atoms with Gasteiger partial charge in [-0.25, -0.2) is 12.8 Å². The lowest BCUT2D eigenvalue weighted by atomic mass is 10.1. The average Bonchev–Trinajstić information content (AvgIpc) is 2.26. The molecule has 1 rings (SSSR count). The summed E-state index contributed by atoms with van der Waals surface area (Å²) in [7, 11) is -2.60. The number of carbonyl (C=O) groups is 1. The smallest absolute Gasteiger partial charge is 0.182 e. The number of Topliss-reactive ketones (excluding diaryl/α,β-unsaturated/α-hetero) is 1. The van der Waals surface area contributed by atoms with E-state index in [-0.39, 0.29) is 24.3 Å². The lowest BCUT2D eigenvalue weighted by molar-refractivity contribution is 0.0981. The van der Waals surface area contributed by atoms with Crippen molar-refractivity contribution in [3.8, 4) is 5.75 Å². The van der Waals surface area contributed by atoms with Crippen LogP contribution in [0.5, 0.6) is 5.75 Å². The van der Waals surface area contributed by atoms with Crippen LogP contribution < -0.4 is 10.5 Å². The van der Waals surface area contributed by atoms with Crippen LogP contribution in [-0.2, 0) is 9.84 Å². The molecule has 1 aromatic carbocycles. The Morgan fingerprint density at radius 3 is 2.50 bits per heavy atom. The number of methoxy groups -OCH3 is 1. The summed E-state index contributed by atoms with van der Waals surface area (Å²) >= 11 is 0. The van der Waals surface area contributed by atoms with Gasteiger partial charge in [-0.2, -0.15) is 0 Å². The highest BCUT2D eigenvalue weighted by Crippen LogP contribution is 2.29. The van der Waals surface area contributed by atoms with Gasteiger partial charge in [0.1, 0.15) is 10.6 Å². The molecule has 0 aromatic heterocycles. The molecule has 0 aliphatic rings. The number of nitrogens with two attached hydrogens (primary N) is 1. The normalized spacial score (nSPS) is 11.3. The highest BCUT2D eigenvalue weighted by Gasteiger charge is 2.25. The van der Waals surface area contributed by atoms with Crippen LogP contribution in [0, 0.1) is 5.82 Å². The lowest BCUT2D eigenvalue weighted by Crippen LogP contribution is -2.13. The molecular formula is C11H14FNO4S. The Balaban J connectivity index is 3.49. The molecule has 0 aliphatic carbocycles. The van der Waals surface area contributed by atoms with Gasteiger partial charge in [0.05, 0.1) is 12.7 Å². The van der Waals surface area contributed by atoms with E-state index in [1.807, 2.05) is 0 Å². The van der Waals surface area contributed by atoms with Crippen LogP contribution in [-0.4, -0.2) is 34.1 Å². The molecule has 0 aliphatic heterocycles. The van der Waals surface area contributed by atoms with E-state index >= 15 is 0 Å². The number of benzene rings is 1. The molecule has 0 bridgehead atoms. The number of hydrogen-bond acceptors (Lipinski definition) is 5. The molecule has 1 aromatic rings. The van der Waals surface area contributed by atoms with Crippen molar-refractivity contribution >= 4 is 15.6 Å². The van der Waals surface area contributed by atoms with Crippen molar-refractivity contribution in [2.24, 2.45) is 5.73 Å². The zero-order chi connectivity index (χ0) is 13.9. The van der Waals surface area contributed by atoms with Crippen LogP contribution in [0.1, 0.15) is 16.8 Å². The fourth-order valence-corrected chi connectivity index (χ4v) is 2.48. The van der Waals surface area contributed by atoms with E-state index in [0.717, 1.165) is 6.26 Å². The Hall–Kier alpha value is -1.47. The fraction of sp³-hybridized carbons (Fsp3) is 0.364. The van der Waals surface area contributed by atoms with E-state index in [0.29, 0.717) is 0 Å². The Morgan fingerprint density at radius 1 is 1.44 bits per heavy atom. The minimum absolute atomic E-state index is 0.0492. The number of halogens is 1. The maximum Gasteiger partial charge on any atom is 0.182 e. The van der Waals surface area contributed by atoms with Gasteiger partial charge < -0.3 is 10.5 Å². The first-order valence-electron chi connectivity index (χ1n) is 5.12. The van der Waals surface area contributed by atoms with Crippen LogP contribution in [0.25, 0.3) is 0 Å². The summed E-state index contributed by atoms with van der Waals surface area (Å²) in [6.45, 7) is 0.0680. The standard InChI is InChI=1S/C11H14FNO4S/c1-17-9-4-3-7(8(14)5-6-13)10(12)11(9)18(2,15)16/h3-4H,5-6,13H2,1-2H3. The van der Waals surface area contributed by atoms with Crippen molar-refractivity contribution in [1.82, 2.24) is 0 Å². The first-order chi connectivity index (χ1) is 8.32. The maximum atomic E-state index is 14.1. The number of sulfone groups is 1. The number of ketones is 1. The zero-order valence-corrected chi connectivity index (χ0v) is 10.9. The number of carbonyl (C=O) groups excluding carboxylic acids is 1. The molecule has 0 amide bonds. The molecule has 0 spiro atoms. The van der Waals surface area contributed by atoms with Crippen molar-refractivity contribution in [3.63, 3.8) is 0 Å². The van der Waals surface area contributed by atoms with Crippen molar-refractivity contribution in [3.05, 3.63) is 23.5 Å². The molecule has 0 saturated heterocycles. The van der Waals surface area contributed by atoms with Crippen molar-refractivity contribution in [2.75, 3.05) is 19.9 Å². The summed E-state index contributed by atoms with van der Waals surface area (Å²) in [5.74, 6) is -1.75. The first kappa shape index (κ1) is 14.6. The minimum atomic E-state index is -3.83. The van der Waals surface area contributed by atoms with Crippen LogP contribution in [0.3, 0.4) is 0 Å². The molecule has 5 nitrogen and oxygen atoms in total. The van der Waals surface area contributed by atoms with Gasteiger partial charge in [-0.1, -0.05) is 0 Å². The predicted octanol–water partition coefficient (Wildman–Crippen LogP) is 0.769. The van der Waals surface area contributed by atoms with Crippen LogP contribution in [0.15, 0.2) is 17.0 Å². The highest BCUT2D eigenvalue weighted by molar-refractivity contribution is 7.90. The van der Waals surface area contributed by atoms with Gasteiger partial charge in [0.2, 0.25) is 0 Å². The number of rotatable bonds is 5. The molecule has 2 N–H and O–H groups in total. The fourth-order valence-electron chi connectivity index (χ4n) is 1.53. The van der Waals surface area contributed by atoms with Gasteiger partial charge in [0.15, 0.2) is 21.4 Å². The Labute approximate surface area is 105 Å². The molecule has 7 heteroatoms. The topological polar surface area (TPSA) is 86.5 Å². The molecule has 0 atom stereocenters. The summed E-state index contributed by atoms with van der Waals surface area (Å²) in [5, 5.41) is 0. The largest absolute Gasteiger partial charge is 0.495 e. The lowest BCUT2D eigenvalue weighted by Gasteiger charge is -2.10. The van der Waals surface area contributed by atoms with E-state index < -0.39 is 26.3 Å².